The third-order valence-corrected chi connectivity index (χ3v) is 3.92. The number of carbonyl (C=O) groups is 1. The number of carbonyl (C=O) groups excluding carboxylic acids is 1. The average Bonchev–Trinajstić information content (AvgIpc) is 3.02. The topological polar surface area (TPSA) is 112 Å². The number of amides is 1. The summed E-state index contributed by atoms with van der Waals surface area (Å²) < 4.78 is 5.94. The van der Waals surface area contributed by atoms with Crippen molar-refractivity contribution in [3.05, 3.63) is 50.1 Å². The number of nitro groups is 1. The Bertz CT molecular complexity index is 837. The van der Waals surface area contributed by atoms with Crippen LogP contribution in [0.1, 0.15) is 18.5 Å². The van der Waals surface area contributed by atoms with Crippen LogP contribution in [0.5, 0.6) is 5.88 Å². The van der Waals surface area contributed by atoms with Crippen LogP contribution in [0, 0.1) is 10.1 Å². The van der Waals surface area contributed by atoms with E-state index in [1.54, 1.807) is 18.2 Å². The van der Waals surface area contributed by atoms with Crippen LogP contribution in [-0.2, 0) is 4.79 Å². The second-order valence-electron chi connectivity index (χ2n) is 4.84. The summed E-state index contributed by atoms with van der Waals surface area (Å²) in [5, 5.41) is 19.3. The number of nitrogens with zero attached hydrogens (tertiary/aromatic N) is 4. The third kappa shape index (κ3) is 4.46. The molecule has 1 heterocycles. The lowest BCUT2D eigenvalue weighted by molar-refractivity contribution is -0.385. The van der Waals surface area contributed by atoms with Crippen LogP contribution < -0.4 is 10.2 Å². The monoisotopic (exact) mass is 385 g/mol. The van der Waals surface area contributed by atoms with Crippen LogP contribution in [0.4, 0.5) is 5.69 Å². The Balaban J connectivity index is 2.06. The SMILES string of the molecule is COc1nn([C@@H](C)C(=O)N/N=C\c2ccc(Cl)c(Cl)c2)cc1[N+](=O)[O-]. The molecule has 2 aromatic rings. The smallest absolute Gasteiger partial charge is 0.350 e. The Morgan fingerprint density at radius 1 is 1.48 bits per heavy atom. The first kappa shape index (κ1) is 18.7. The molecule has 25 heavy (non-hydrogen) atoms. The highest BCUT2D eigenvalue weighted by atomic mass is 35.5. The Morgan fingerprint density at radius 2 is 2.20 bits per heavy atom. The molecule has 0 saturated heterocycles. The van der Waals surface area contributed by atoms with Gasteiger partial charge in [0.25, 0.3) is 5.91 Å². The van der Waals surface area contributed by atoms with E-state index in [1.165, 1.54) is 20.2 Å². The first-order chi connectivity index (χ1) is 11.8. The second-order valence-corrected chi connectivity index (χ2v) is 5.66. The van der Waals surface area contributed by atoms with Crippen molar-refractivity contribution in [3.63, 3.8) is 0 Å². The summed E-state index contributed by atoms with van der Waals surface area (Å²) in [6.45, 7) is 1.51. The van der Waals surface area contributed by atoms with Crippen molar-refractivity contribution in [1.29, 1.82) is 0 Å². The molecule has 11 heteroatoms. The maximum atomic E-state index is 12.1. The lowest BCUT2D eigenvalue weighted by atomic mass is 10.2. The first-order valence-electron chi connectivity index (χ1n) is 6.89. The second kappa shape index (κ2) is 7.95. The number of ether oxygens (including phenoxy) is 1. The van der Waals surface area contributed by atoms with E-state index in [0.717, 1.165) is 10.9 Å². The molecule has 0 bridgehead atoms. The number of aromatic nitrogens is 2. The predicted molar refractivity (Wildman–Crippen MR) is 92.3 cm³/mol. The van der Waals surface area contributed by atoms with E-state index in [4.69, 9.17) is 27.9 Å². The molecule has 0 radical (unpaired) electrons. The van der Waals surface area contributed by atoms with Crippen molar-refractivity contribution in [2.45, 2.75) is 13.0 Å². The van der Waals surface area contributed by atoms with Crippen molar-refractivity contribution in [3.8, 4) is 5.88 Å². The van der Waals surface area contributed by atoms with Gasteiger partial charge in [0.1, 0.15) is 12.2 Å². The van der Waals surface area contributed by atoms with E-state index in [2.05, 4.69) is 15.6 Å². The molecule has 2 rings (SSSR count). The molecule has 0 aliphatic rings. The lowest BCUT2D eigenvalue weighted by Gasteiger charge is -2.09. The molecule has 0 fully saturated rings. The van der Waals surface area contributed by atoms with Gasteiger partial charge in [-0.25, -0.2) is 10.1 Å². The van der Waals surface area contributed by atoms with Crippen LogP contribution in [0.2, 0.25) is 10.0 Å². The van der Waals surface area contributed by atoms with Gasteiger partial charge in [-0.15, -0.1) is 5.10 Å². The summed E-state index contributed by atoms with van der Waals surface area (Å²) in [4.78, 5) is 22.3. The van der Waals surface area contributed by atoms with Crippen LogP contribution >= 0.6 is 23.2 Å². The van der Waals surface area contributed by atoms with Gasteiger partial charge in [0.15, 0.2) is 0 Å². The molecule has 0 aliphatic carbocycles. The molecule has 9 nitrogen and oxygen atoms in total. The molecular formula is C14H13Cl2N5O4. The highest BCUT2D eigenvalue weighted by Crippen LogP contribution is 2.26. The van der Waals surface area contributed by atoms with Crippen molar-refractivity contribution >= 4 is 41.0 Å². The predicted octanol–water partition coefficient (Wildman–Crippen LogP) is 2.82. The molecule has 132 valence electrons. The summed E-state index contributed by atoms with van der Waals surface area (Å²) in [6.07, 6.45) is 2.50. The Morgan fingerprint density at radius 3 is 2.76 bits per heavy atom. The Hall–Kier alpha value is -2.65. The van der Waals surface area contributed by atoms with Gasteiger partial charge in [-0.2, -0.15) is 5.10 Å². The highest BCUT2D eigenvalue weighted by molar-refractivity contribution is 6.42. The van der Waals surface area contributed by atoms with Gasteiger partial charge >= 0.3 is 11.6 Å². The van der Waals surface area contributed by atoms with Crippen LogP contribution in [0.25, 0.3) is 0 Å². The molecule has 0 unspecified atom stereocenters. The normalized spacial score (nSPS) is 12.2. The fourth-order valence-electron chi connectivity index (χ4n) is 1.81. The zero-order valence-corrected chi connectivity index (χ0v) is 14.7. The quantitative estimate of drug-likeness (QED) is 0.466. The molecule has 1 amide bonds. The summed E-state index contributed by atoms with van der Waals surface area (Å²) in [6, 6.07) is 4.03. The van der Waals surface area contributed by atoms with Crippen molar-refractivity contribution < 1.29 is 14.5 Å². The lowest BCUT2D eigenvalue weighted by Crippen LogP contribution is -2.27. The molecule has 1 aromatic heterocycles. The Kier molecular flexibility index (Phi) is 5.94. The largest absolute Gasteiger partial charge is 0.475 e. The zero-order chi connectivity index (χ0) is 18.6. The van der Waals surface area contributed by atoms with Gasteiger partial charge in [-0.05, 0) is 24.6 Å². The van der Waals surface area contributed by atoms with E-state index in [0.29, 0.717) is 15.6 Å². The number of halogens is 2. The van der Waals surface area contributed by atoms with Crippen LogP contribution in [-0.4, -0.2) is 33.9 Å². The minimum absolute atomic E-state index is 0.177. The Labute approximate surface area is 152 Å². The fraction of sp³-hybridized carbons (Fsp3) is 0.214. The molecule has 0 aliphatic heterocycles. The van der Waals surface area contributed by atoms with Crippen molar-refractivity contribution in [2.75, 3.05) is 7.11 Å². The summed E-state index contributed by atoms with van der Waals surface area (Å²) in [7, 11) is 1.26. The van der Waals surface area contributed by atoms with Crippen molar-refractivity contribution in [2.24, 2.45) is 5.10 Å². The van der Waals surface area contributed by atoms with Gasteiger partial charge in [0.2, 0.25) is 0 Å². The number of rotatable bonds is 6. The van der Waals surface area contributed by atoms with E-state index in [1.807, 2.05) is 0 Å². The fourth-order valence-corrected chi connectivity index (χ4v) is 2.12. The average molecular weight is 386 g/mol. The zero-order valence-electron chi connectivity index (χ0n) is 13.1. The van der Waals surface area contributed by atoms with Crippen molar-refractivity contribution in [1.82, 2.24) is 15.2 Å². The number of nitrogens with one attached hydrogen (secondary N) is 1. The van der Waals surface area contributed by atoms with Crippen LogP contribution in [0.3, 0.4) is 0 Å². The van der Waals surface area contributed by atoms with Gasteiger partial charge < -0.3 is 4.74 Å². The van der Waals surface area contributed by atoms with E-state index in [-0.39, 0.29) is 11.6 Å². The van der Waals surface area contributed by atoms with Gasteiger partial charge in [0, 0.05) is 0 Å². The standard InChI is InChI=1S/C14H13Cl2N5O4/c1-8(20-7-12(21(23)24)14(19-20)25-2)13(22)18-17-6-9-3-4-10(15)11(16)5-9/h3-8H,1-2H3,(H,18,22)/b17-6-/t8-/m0/s1. The number of hydrogen-bond acceptors (Lipinski definition) is 6. The maximum Gasteiger partial charge on any atom is 0.350 e. The van der Waals surface area contributed by atoms with E-state index in [9.17, 15) is 14.9 Å². The number of benzene rings is 1. The summed E-state index contributed by atoms with van der Waals surface area (Å²) in [5.74, 6) is -0.694. The summed E-state index contributed by atoms with van der Waals surface area (Å²) in [5.41, 5.74) is 2.63. The minimum atomic E-state index is -0.839. The van der Waals surface area contributed by atoms with E-state index < -0.39 is 16.9 Å². The molecular weight excluding hydrogens is 373 g/mol. The highest BCUT2D eigenvalue weighted by Gasteiger charge is 2.25. The molecule has 1 N–H and O–H groups in total. The van der Waals surface area contributed by atoms with Crippen LogP contribution in [0.15, 0.2) is 29.5 Å². The minimum Gasteiger partial charge on any atom is -0.475 e. The first-order valence-corrected chi connectivity index (χ1v) is 7.64. The molecule has 1 aromatic carbocycles. The van der Waals surface area contributed by atoms with Gasteiger partial charge in [0.05, 0.1) is 28.3 Å². The number of hydrazone groups is 1. The third-order valence-electron chi connectivity index (χ3n) is 3.18. The molecule has 0 spiro atoms. The summed E-state index contributed by atoms with van der Waals surface area (Å²) >= 11 is 11.7. The number of hydrogen-bond donors (Lipinski definition) is 1. The van der Waals surface area contributed by atoms with Gasteiger partial charge in [-0.1, -0.05) is 29.3 Å². The molecule has 0 saturated carbocycles. The maximum absolute atomic E-state index is 12.1. The number of methoxy groups -OCH3 is 1. The van der Waals surface area contributed by atoms with E-state index >= 15 is 0 Å². The van der Waals surface area contributed by atoms with Gasteiger partial charge in [-0.3, -0.25) is 14.9 Å². The molecule has 1 atom stereocenters.